The van der Waals surface area contributed by atoms with Gasteiger partial charge in [-0.25, -0.2) is 0 Å². The molecule has 0 unspecified atom stereocenters. The Morgan fingerprint density at radius 3 is 1.97 bits per heavy atom. The molecule has 176 valence electrons. The first-order chi connectivity index (χ1) is 13.9. The number of rotatable bonds is 5. The van der Waals surface area contributed by atoms with Crippen molar-refractivity contribution in [2.75, 3.05) is 39.3 Å². The first-order valence-corrected chi connectivity index (χ1v) is 12.3. The number of nitrogens with zero attached hydrogens (tertiary/aromatic N) is 2. The maximum Gasteiger partial charge on any atom is 1.00 e. The summed E-state index contributed by atoms with van der Waals surface area (Å²) in [6.45, 7) is 24.4. The van der Waals surface area contributed by atoms with Gasteiger partial charge in [0.25, 0.3) is 0 Å². The minimum atomic E-state index is 0. The van der Waals surface area contributed by atoms with E-state index in [0.717, 1.165) is 45.6 Å². The molecule has 2 fully saturated rings. The van der Waals surface area contributed by atoms with Gasteiger partial charge in [0.15, 0.2) is 0 Å². The molecular formula is C25H53CsN2O2. The number of amides is 1. The monoisotopic (exact) mass is 546 g/mol. The van der Waals surface area contributed by atoms with E-state index in [1.54, 1.807) is 0 Å². The summed E-state index contributed by atoms with van der Waals surface area (Å²) < 4.78 is 6.14. The standard InChI is InChI=1S/C17H31N2O2.2C3H8.C2H6.Cs/c1-4-5-6-9-18-12-13-21-17(14-18)7-10-19(11-8-17)16(20)15(2)3;2*1-3-2;1-2;/h4,15H,5-14H2,1-3H3;2*3H2,1-2H3;1-2H3;/q-1;;;;+1. The number of likely N-dealkylation sites (tertiary alicyclic amines) is 1. The Labute approximate surface area is 249 Å². The van der Waals surface area contributed by atoms with Crippen molar-refractivity contribution in [3.05, 3.63) is 6.42 Å². The van der Waals surface area contributed by atoms with Crippen LogP contribution in [-0.2, 0) is 9.53 Å². The molecule has 0 aliphatic carbocycles. The quantitative estimate of drug-likeness (QED) is 0.392. The Morgan fingerprint density at radius 2 is 1.53 bits per heavy atom. The average Bonchev–Trinajstić information content (AvgIpc) is 2.71. The minimum absolute atomic E-state index is 0. The fraction of sp³-hybridized carbons (Fsp3) is 0.920. The van der Waals surface area contributed by atoms with Crippen LogP contribution >= 0.6 is 0 Å². The van der Waals surface area contributed by atoms with Gasteiger partial charge in [-0.3, -0.25) is 9.69 Å². The molecule has 2 aliphatic rings. The third kappa shape index (κ3) is 16.1. The number of hydrogen-bond acceptors (Lipinski definition) is 3. The molecule has 2 saturated heterocycles. The molecule has 2 rings (SSSR count). The second-order valence-electron chi connectivity index (χ2n) is 8.25. The van der Waals surface area contributed by atoms with Crippen molar-refractivity contribution in [3.8, 4) is 0 Å². The molecule has 0 aromatic rings. The first-order valence-electron chi connectivity index (χ1n) is 12.3. The van der Waals surface area contributed by atoms with E-state index in [9.17, 15) is 4.79 Å². The largest absolute Gasteiger partial charge is 1.00 e. The van der Waals surface area contributed by atoms with Crippen LogP contribution in [0.5, 0.6) is 0 Å². The summed E-state index contributed by atoms with van der Waals surface area (Å²) in [6.07, 6.45) is 9.15. The molecule has 5 heteroatoms. The number of carbonyl (C=O) groups is 1. The predicted octanol–water partition coefficient (Wildman–Crippen LogP) is 3.20. The molecule has 4 nitrogen and oxygen atoms in total. The summed E-state index contributed by atoms with van der Waals surface area (Å²) in [6, 6.07) is 0. The van der Waals surface area contributed by atoms with Crippen LogP contribution < -0.4 is 68.9 Å². The van der Waals surface area contributed by atoms with Crippen molar-refractivity contribution in [1.82, 2.24) is 9.80 Å². The van der Waals surface area contributed by atoms with Crippen molar-refractivity contribution in [2.24, 2.45) is 5.92 Å². The van der Waals surface area contributed by atoms with Gasteiger partial charge in [0.05, 0.1) is 12.2 Å². The third-order valence-electron chi connectivity index (χ3n) is 4.77. The molecule has 1 spiro atoms. The zero-order chi connectivity index (χ0) is 22.7. The van der Waals surface area contributed by atoms with Gasteiger partial charge in [-0.2, -0.15) is 13.3 Å². The topological polar surface area (TPSA) is 32.8 Å². The van der Waals surface area contributed by atoms with Crippen molar-refractivity contribution in [1.29, 1.82) is 0 Å². The second kappa shape index (κ2) is 23.6. The Hall–Kier alpha value is 1.44. The Kier molecular flexibility index (Phi) is 28.3. The molecule has 0 aromatic heterocycles. The van der Waals surface area contributed by atoms with Crippen molar-refractivity contribution in [3.63, 3.8) is 0 Å². The fourth-order valence-corrected chi connectivity index (χ4v) is 3.44. The maximum atomic E-state index is 12.1. The van der Waals surface area contributed by atoms with E-state index in [0.29, 0.717) is 0 Å². The van der Waals surface area contributed by atoms with Gasteiger partial charge in [0, 0.05) is 32.1 Å². The van der Waals surface area contributed by atoms with Crippen LogP contribution in [-0.4, -0.2) is 60.6 Å². The van der Waals surface area contributed by atoms with E-state index in [-0.39, 0.29) is 86.3 Å². The van der Waals surface area contributed by atoms with E-state index in [1.807, 2.05) is 32.6 Å². The average molecular weight is 547 g/mol. The molecule has 0 N–H and O–H groups in total. The molecule has 0 bridgehead atoms. The molecule has 2 aliphatic heterocycles. The molecule has 1 amide bonds. The maximum absolute atomic E-state index is 12.1. The SMILES string of the molecule is CC.CCC.CCC.C[CH-]CCCN1CCOC2(CCN(C(=O)C(C)C)CC2)C1.[Cs+]. The summed E-state index contributed by atoms with van der Waals surface area (Å²) in [5.41, 5.74) is 0.00192. The smallest absolute Gasteiger partial charge is 0.372 e. The summed E-state index contributed by atoms with van der Waals surface area (Å²) in [7, 11) is 0. The van der Waals surface area contributed by atoms with Crippen LogP contribution in [0.2, 0.25) is 0 Å². The summed E-state index contributed by atoms with van der Waals surface area (Å²) in [4.78, 5) is 16.6. The molecular weight excluding hydrogens is 493 g/mol. The molecule has 0 radical (unpaired) electrons. The van der Waals surface area contributed by atoms with Gasteiger partial charge in [0.1, 0.15) is 0 Å². The van der Waals surface area contributed by atoms with Gasteiger partial charge in [-0.15, -0.1) is 0 Å². The molecule has 0 atom stereocenters. The Balaban J connectivity index is -0.000000710. The van der Waals surface area contributed by atoms with Gasteiger partial charge in [0.2, 0.25) is 5.91 Å². The number of piperidine rings is 1. The number of carbonyl (C=O) groups excluding carboxylic acids is 1. The van der Waals surface area contributed by atoms with Gasteiger partial charge >= 0.3 is 68.9 Å². The molecule has 0 saturated carbocycles. The Bertz CT molecular complexity index is 368. The second-order valence-corrected chi connectivity index (χ2v) is 8.25. The van der Waals surface area contributed by atoms with E-state index in [2.05, 4.69) is 45.9 Å². The summed E-state index contributed by atoms with van der Waals surface area (Å²) in [5, 5.41) is 0. The van der Waals surface area contributed by atoms with E-state index in [1.165, 1.54) is 32.2 Å². The van der Waals surface area contributed by atoms with Crippen LogP contribution in [0.25, 0.3) is 0 Å². The van der Waals surface area contributed by atoms with Crippen LogP contribution in [0.15, 0.2) is 0 Å². The summed E-state index contributed by atoms with van der Waals surface area (Å²) in [5.74, 6) is 0.393. The van der Waals surface area contributed by atoms with Crippen molar-refractivity contribution in [2.45, 2.75) is 106 Å². The first kappa shape index (κ1) is 36.0. The fourth-order valence-electron chi connectivity index (χ4n) is 3.44. The van der Waals surface area contributed by atoms with E-state index in [4.69, 9.17) is 4.74 Å². The number of morpholine rings is 1. The van der Waals surface area contributed by atoms with Crippen LogP contribution in [0.1, 0.15) is 101 Å². The number of unbranched alkanes of at least 4 members (excludes halogenated alkanes) is 2. The van der Waals surface area contributed by atoms with E-state index < -0.39 is 0 Å². The third-order valence-corrected chi connectivity index (χ3v) is 4.77. The molecule has 2 heterocycles. The van der Waals surface area contributed by atoms with Gasteiger partial charge in [-0.1, -0.05) is 74.7 Å². The van der Waals surface area contributed by atoms with Gasteiger partial charge < -0.3 is 16.1 Å². The predicted molar refractivity (Wildman–Crippen MR) is 128 cm³/mol. The zero-order valence-electron chi connectivity index (χ0n) is 22.4. The normalized spacial score (nSPS) is 17.5. The van der Waals surface area contributed by atoms with Crippen molar-refractivity contribution < 1.29 is 78.4 Å². The van der Waals surface area contributed by atoms with E-state index >= 15 is 0 Å². The molecule has 30 heavy (non-hydrogen) atoms. The number of hydrogen-bond donors (Lipinski definition) is 0. The van der Waals surface area contributed by atoms with Gasteiger partial charge in [-0.05, 0) is 19.4 Å². The zero-order valence-corrected chi connectivity index (χ0v) is 28.6. The van der Waals surface area contributed by atoms with Crippen molar-refractivity contribution >= 4 is 5.91 Å². The summed E-state index contributed by atoms with van der Waals surface area (Å²) >= 11 is 0. The molecule has 0 aromatic carbocycles. The van der Waals surface area contributed by atoms with Crippen LogP contribution in [0.3, 0.4) is 0 Å². The number of ether oxygens (including phenoxy) is 1. The van der Waals surface area contributed by atoms with Crippen LogP contribution in [0.4, 0.5) is 0 Å². The Morgan fingerprint density at radius 1 is 1.03 bits per heavy atom. The minimum Gasteiger partial charge on any atom is -0.372 e. The van der Waals surface area contributed by atoms with Crippen LogP contribution in [0, 0.1) is 12.3 Å².